The lowest BCUT2D eigenvalue weighted by molar-refractivity contribution is 0.0662. The van der Waals surface area contributed by atoms with E-state index in [-0.39, 0.29) is 5.91 Å². The monoisotopic (exact) mass is 262 g/mol. The molecular formula is C14H22N4O. The van der Waals surface area contributed by atoms with Gasteiger partial charge in [0.05, 0.1) is 0 Å². The molecule has 1 amide bonds. The number of nitrogens with one attached hydrogen (secondary N) is 1. The van der Waals surface area contributed by atoms with Crippen LogP contribution in [0.25, 0.3) is 0 Å². The van der Waals surface area contributed by atoms with Crippen LogP contribution in [0, 0.1) is 0 Å². The number of rotatable bonds is 3. The van der Waals surface area contributed by atoms with E-state index in [0.717, 1.165) is 31.9 Å². The summed E-state index contributed by atoms with van der Waals surface area (Å²) in [5.74, 6) is -0.0325. The molecule has 104 valence electrons. The van der Waals surface area contributed by atoms with Crippen molar-refractivity contribution in [1.82, 2.24) is 15.3 Å². The standard InChI is InChI=1S/C14H22N4O/c1-16(2)13-6-4-12(5-7-13)14(19)15-18-10-8-17(3)9-11-18/h4-7H,8-11H2,1-3H3,(H,15,19). The third kappa shape index (κ3) is 3.68. The third-order valence-electron chi connectivity index (χ3n) is 3.41. The summed E-state index contributed by atoms with van der Waals surface area (Å²) in [6.07, 6.45) is 0. The van der Waals surface area contributed by atoms with Gasteiger partial charge >= 0.3 is 0 Å². The van der Waals surface area contributed by atoms with Crippen molar-refractivity contribution in [2.75, 3.05) is 52.2 Å². The molecule has 0 saturated carbocycles. The lowest BCUT2D eigenvalue weighted by atomic mass is 10.2. The smallest absolute Gasteiger partial charge is 0.265 e. The van der Waals surface area contributed by atoms with Crippen LogP contribution in [-0.2, 0) is 0 Å². The number of carbonyl (C=O) groups is 1. The van der Waals surface area contributed by atoms with Crippen LogP contribution in [-0.4, -0.2) is 63.1 Å². The SMILES string of the molecule is CN1CCN(NC(=O)c2ccc(N(C)C)cc2)CC1. The zero-order chi connectivity index (χ0) is 13.8. The largest absolute Gasteiger partial charge is 0.378 e. The van der Waals surface area contributed by atoms with Gasteiger partial charge in [0.25, 0.3) is 5.91 Å². The number of benzene rings is 1. The van der Waals surface area contributed by atoms with Crippen molar-refractivity contribution in [3.63, 3.8) is 0 Å². The van der Waals surface area contributed by atoms with Crippen molar-refractivity contribution < 1.29 is 4.79 Å². The van der Waals surface area contributed by atoms with Crippen LogP contribution in [0.1, 0.15) is 10.4 Å². The molecule has 1 saturated heterocycles. The van der Waals surface area contributed by atoms with Gasteiger partial charge in [0.2, 0.25) is 0 Å². The molecule has 0 spiro atoms. The molecule has 1 aliphatic heterocycles. The Morgan fingerprint density at radius 2 is 1.68 bits per heavy atom. The number of carbonyl (C=O) groups excluding carboxylic acids is 1. The van der Waals surface area contributed by atoms with Gasteiger partial charge in [-0.25, -0.2) is 5.01 Å². The average molecular weight is 262 g/mol. The highest BCUT2D eigenvalue weighted by molar-refractivity contribution is 5.94. The molecule has 5 nitrogen and oxygen atoms in total. The molecule has 0 aliphatic carbocycles. The van der Waals surface area contributed by atoms with Crippen LogP contribution < -0.4 is 10.3 Å². The summed E-state index contributed by atoms with van der Waals surface area (Å²) in [4.78, 5) is 16.4. The van der Waals surface area contributed by atoms with Crippen LogP contribution >= 0.6 is 0 Å². The number of hydrogen-bond donors (Lipinski definition) is 1. The molecule has 0 aromatic heterocycles. The summed E-state index contributed by atoms with van der Waals surface area (Å²) in [6, 6.07) is 7.64. The Morgan fingerprint density at radius 1 is 1.11 bits per heavy atom. The molecule has 1 aliphatic rings. The van der Waals surface area contributed by atoms with Crippen LogP contribution in [0.2, 0.25) is 0 Å². The Balaban J connectivity index is 1.92. The third-order valence-corrected chi connectivity index (χ3v) is 3.41. The second kappa shape index (κ2) is 6.04. The van der Waals surface area contributed by atoms with Crippen molar-refractivity contribution in [3.05, 3.63) is 29.8 Å². The van der Waals surface area contributed by atoms with E-state index in [4.69, 9.17) is 0 Å². The van der Waals surface area contributed by atoms with Gasteiger partial charge < -0.3 is 9.80 Å². The zero-order valence-electron chi connectivity index (χ0n) is 11.9. The number of hydrazine groups is 1. The zero-order valence-corrected chi connectivity index (χ0v) is 11.9. The van der Waals surface area contributed by atoms with Gasteiger partial charge in [-0.1, -0.05) is 0 Å². The first-order valence-electron chi connectivity index (χ1n) is 6.58. The fourth-order valence-electron chi connectivity index (χ4n) is 2.04. The van der Waals surface area contributed by atoms with Crippen molar-refractivity contribution in [2.24, 2.45) is 0 Å². The Bertz CT molecular complexity index is 422. The van der Waals surface area contributed by atoms with Crippen LogP contribution in [0.3, 0.4) is 0 Å². The molecule has 1 aromatic rings. The number of anilines is 1. The van der Waals surface area contributed by atoms with Gasteiger partial charge in [0, 0.05) is 51.5 Å². The minimum Gasteiger partial charge on any atom is -0.378 e. The predicted molar refractivity (Wildman–Crippen MR) is 77.3 cm³/mol. The lowest BCUT2D eigenvalue weighted by Crippen LogP contribution is -2.52. The van der Waals surface area contributed by atoms with Gasteiger partial charge in [0.1, 0.15) is 0 Å². The summed E-state index contributed by atoms with van der Waals surface area (Å²) in [5, 5.41) is 1.99. The number of hydrogen-bond acceptors (Lipinski definition) is 4. The summed E-state index contributed by atoms with van der Waals surface area (Å²) >= 11 is 0. The van der Waals surface area contributed by atoms with E-state index < -0.39 is 0 Å². The van der Waals surface area contributed by atoms with Gasteiger partial charge in [0.15, 0.2) is 0 Å². The van der Waals surface area contributed by atoms with E-state index in [1.54, 1.807) is 0 Å². The molecule has 0 radical (unpaired) electrons. The maximum Gasteiger partial charge on any atom is 0.265 e. The van der Waals surface area contributed by atoms with E-state index in [1.165, 1.54) is 0 Å². The summed E-state index contributed by atoms with van der Waals surface area (Å²) in [6.45, 7) is 3.72. The number of amides is 1. The van der Waals surface area contributed by atoms with Crippen molar-refractivity contribution in [3.8, 4) is 0 Å². The first kappa shape index (κ1) is 13.8. The summed E-state index contributed by atoms with van der Waals surface area (Å²) < 4.78 is 0. The van der Waals surface area contributed by atoms with Crippen molar-refractivity contribution >= 4 is 11.6 Å². The molecule has 2 rings (SSSR count). The average Bonchev–Trinajstić information content (AvgIpc) is 2.41. The summed E-state index contributed by atoms with van der Waals surface area (Å²) in [7, 11) is 6.07. The van der Waals surface area contributed by atoms with E-state index >= 15 is 0 Å². The number of piperazine rings is 1. The molecule has 5 heteroatoms. The number of likely N-dealkylation sites (N-methyl/N-ethyl adjacent to an activating group) is 1. The second-order valence-corrected chi connectivity index (χ2v) is 5.17. The Morgan fingerprint density at radius 3 is 2.21 bits per heavy atom. The molecule has 1 aromatic carbocycles. The minimum absolute atomic E-state index is 0.0325. The highest BCUT2D eigenvalue weighted by Crippen LogP contribution is 2.12. The van der Waals surface area contributed by atoms with Crippen LogP contribution in [0.5, 0.6) is 0 Å². The van der Waals surface area contributed by atoms with E-state index in [0.29, 0.717) is 5.56 Å². The lowest BCUT2D eigenvalue weighted by Gasteiger charge is -2.32. The fourth-order valence-corrected chi connectivity index (χ4v) is 2.04. The van der Waals surface area contributed by atoms with Crippen molar-refractivity contribution in [1.29, 1.82) is 0 Å². The van der Waals surface area contributed by atoms with Crippen LogP contribution in [0.4, 0.5) is 5.69 Å². The highest BCUT2D eigenvalue weighted by Gasteiger charge is 2.16. The highest BCUT2D eigenvalue weighted by atomic mass is 16.2. The summed E-state index contributed by atoms with van der Waals surface area (Å²) in [5.41, 5.74) is 4.75. The molecule has 0 atom stereocenters. The van der Waals surface area contributed by atoms with Gasteiger partial charge in [-0.15, -0.1) is 0 Å². The molecule has 1 heterocycles. The minimum atomic E-state index is -0.0325. The molecule has 19 heavy (non-hydrogen) atoms. The first-order valence-corrected chi connectivity index (χ1v) is 6.58. The van der Waals surface area contributed by atoms with E-state index in [2.05, 4.69) is 17.4 Å². The molecule has 0 unspecified atom stereocenters. The molecular weight excluding hydrogens is 240 g/mol. The van der Waals surface area contributed by atoms with Gasteiger partial charge in [-0.2, -0.15) is 0 Å². The van der Waals surface area contributed by atoms with E-state index in [9.17, 15) is 4.79 Å². The van der Waals surface area contributed by atoms with Crippen molar-refractivity contribution in [2.45, 2.75) is 0 Å². The fraction of sp³-hybridized carbons (Fsp3) is 0.500. The topological polar surface area (TPSA) is 38.8 Å². The van der Waals surface area contributed by atoms with Gasteiger partial charge in [-0.3, -0.25) is 10.2 Å². The normalized spacial score (nSPS) is 17.2. The quantitative estimate of drug-likeness (QED) is 0.868. The predicted octanol–water partition coefficient (Wildman–Crippen LogP) is 0.645. The maximum atomic E-state index is 12.1. The number of nitrogens with zero attached hydrogens (tertiary/aromatic N) is 3. The molecule has 1 fully saturated rings. The Labute approximate surface area is 114 Å². The van der Waals surface area contributed by atoms with Gasteiger partial charge in [-0.05, 0) is 31.3 Å². The first-order chi connectivity index (χ1) is 9.06. The second-order valence-electron chi connectivity index (χ2n) is 5.17. The Hall–Kier alpha value is -1.59. The Kier molecular flexibility index (Phi) is 4.39. The van der Waals surface area contributed by atoms with Crippen LogP contribution in [0.15, 0.2) is 24.3 Å². The van der Waals surface area contributed by atoms with E-state index in [1.807, 2.05) is 48.3 Å². The molecule has 0 bridgehead atoms. The maximum absolute atomic E-state index is 12.1. The molecule has 1 N–H and O–H groups in total.